The first-order chi connectivity index (χ1) is 10.3. The Morgan fingerprint density at radius 1 is 1.29 bits per heavy atom. The topological polar surface area (TPSA) is 77.6 Å². The summed E-state index contributed by atoms with van der Waals surface area (Å²) in [5.41, 5.74) is 0.00915. The summed E-state index contributed by atoms with van der Waals surface area (Å²) < 4.78 is 3.58. The van der Waals surface area contributed by atoms with Crippen LogP contribution in [0.5, 0.6) is 0 Å². The van der Waals surface area contributed by atoms with Crippen LogP contribution >= 0.6 is 0 Å². The Labute approximate surface area is 123 Å². The lowest BCUT2D eigenvalue weighted by Crippen LogP contribution is -2.30. The average Bonchev–Trinajstić information content (AvgIpc) is 2.95. The van der Waals surface area contributed by atoms with Gasteiger partial charge in [0.2, 0.25) is 0 Å². The van der Waals surface area contributed by atoms with Gasteiger partial charge < -0.3 is 9.88 Å². The van der Waals surface area contributed by atoms with Crippen molar-refractivity contribution in [3.63, 3.8) is 0 Å². The van der Waals surface area contributed by atoms with Gasteiger partial charge in [-0.1, -0.05) is 6.07 Å². The van der Waals surface area contributed by atoms with Crippen LogP contribution < -0.4 is 10.9 Å². The quantitative estimate of drug-likeness (QED) is 0.843. The largest absolute Gasteiger partial charge is 0.317 e. The van der Waals surface area contributed by atoms with Gasteiger partial charge in [-0.25, -0.2) is 4.68 Å². The number of nitrogens with one attached hydrogen (secondary N) is 1. The van der Waals surface area contributed by atoms with Crippen molar-refractivity contribution in [1.82, 2.24) is 30.1 Å². The Kier molecular flexibility index (Phi) is 4.40. The molecule has 2 aromatic rings. The van der Waals surface area contributed by atoms with E-state index < -0.39 is 0 Å². The normalized spacial score (nSPS) is 16.2. The standard InChI is InChI=1S/C14H20N6O/c21-14-3-1-2-9-19(14)10-6-13-16-17-18-20(13)11-12-4-7-15-8-5-12/h1-3,9,12,15H,4-8,10-11H2. The Balaban J connectivity index is 1.62. The van der Waals surface area contributed by atoms with Crippen LogP contribution in [0.4, 0.5) is 0 Å². The number of aryl methyl sites for hydroxylation is 2. The highest BCUT2D eigenvalue weighted by Gasteiger charge is 2.16. The molecular formula is C14H20N6O. The smallest absolute Gasteiger partial charge is 0.250 e. The molecule has 0 amide bonds. The molecule has 0 unspecified atom stereocenters. The van der Waals surface area contributed by atoms with E-state index in [9.17, 15) is 4.79 Å². The van der Waals surface area contributed by atoms with Gasteiger partial charge in [0, 0.05) is 31.8 Å². The average molecular weight is 288 g/mol. The van der Waals surface area contributed by atoms with Crippen LogP contribution in [0.25, 0.3) is 0 Å². The predicted molar refractivity (Wildman–Crippen MR) is 77.8 cm³/mol. The molecule has 0 saturated carbocycles. The minimum atomic E-state index is 0.00915. The highest BCUT2D eigenvalue weighted by atomic mass is 16.1. The first-order valence-electron chi connectivity index (χ1n) is 7.44. The number of rotatable bonds is 5. The maximum Gasteiger partial charge on any atom is 0.250 e. The lowest BCUT2D eigenvalue weighted by atomic mass is 9.98. The highest BCUT2D eigenvalue weighted by Crippen LogP contribution is 2.14. The summed E-state index contributed by atoms with van der Waals surface area (Å²) in [7, 11) is 0. The minimum absolute atomic E-state index is 0.00915. The molecule has 7 nitrogen and oxygen atoms in total. The predicted octanol–water partition coefficient (Wildman–Crippen LogP) is 0.0771. The van der Waals surface area contributed by atoms with Crippen molar-refractivity contribution in [2.45, 2.75) is 32.4 Å². The van der Waals surface area contributed by atoms with Crippen LogP contribution in [0, 0.1) is 5.92 Å². The van der Waals surface area contributed by atoms with Gasteiger partial charge in [0.25, 0.3) is 5.56 Å². The summed E-state index contributed by atoms with van der Waals surface area (Å²) >= 11 is 0. The molecule has 1 fully saturated rings. The van der Waals surface area contributed by atoms with Crippen molar-refractivity contribution in [3.8, 4) is 0 Å². The van der Waals surface area contributed by atoms with E-state index >= 15 is 0 Å². The van der Waals surface area contributed by atoms with Crippen molar-refractivity contribution in [1.29, 1.82) is 0 Å². The van der Waals surface area contributed by atoms with Crippen LogP contribution in [0.1, 0.15) is 18.7 Å². The number of hydrogen-bond donors (Lipinski definition) is 1. The molecule has 112 valence electrons. The molecule has 1 saturated heterocycles. The fourth-order valence-corrected chi connectivity index (χ4v) is 2.72. The molecule has 0 aliphatic carbocycles. The van der Waals surface area contributed by atoms with Crippen molar-refractivity contribution >= 4 is 0 Å². The van der Waals surface area contributed by atoms with Crippen molar-refractivity contribution in [3.05, 3.63) is 40.6 Å². The van der Waals surface area contributed by atoms with E-state index in [1.807, 2.05) is 10.7 Å². The minimum Gasteiger partial charge on any atom is -0.317 e. The van der Waals surface area contributed by atoms with E-state index in [2.05, 4.69) is 20.8 Å². The zero-order valence-corrected chi connectivity index (χ0v) is 12.0. The summed E-state index contributed by atoms with van der Waals surface area (Å²) in [5, 5.41) is 15.3. The summed E-state index contributed by atoms with van der Waals surface area (Å²) in [5.74, 6) is 1.48. The molecule has 0 atom stereocenters. The van der Waals surface area contributed by atoms with Gasteiger partial charge in [-0.3, -0.25) is 4.79 Å². The van der Waals surface area contributed by atoms with Gasteiger partial charge >= 0.3 is 0 Å². The Bertz CT molecular complexity index is 628. The van der Waals surface area contributed by atoms with Gasteiger partial charge in [-0.05, 0) is 48.3 Å². The van der Waals surface area contributed by atoms with E-state index in [4.69, 9.17) is 0 Å². The number of hydrogen-bond acceptors (Lipinski definition) is 5. The number of tetrazole rings is 1. The van der Waals surface area contributed by atoms with E-state index in [1.54, 1.807) is 22.9 Å². The van der Waals surface area contributed by atoms with E-state index in [0.717, 1.165) is 38.3 Å². The maximum atomic E-state index is 11.7. The SMILES string of the molecule is O=c1ccccn1CCc1nnnn1CC1CCNCC1. The molecule has 0 spiro atoms. The Morgan fingerprint density at radius 2 is 2.14 bits per heavy atom. The zero-order valence-electron chi connectivity index (χ0n) is 12.0. The van der Waals surface area contributed by atoms with Gasteiger partial charge in [0.1, 0.15) is 0 Å². The van der Waals surface area contributed by atoms with Crippen molar-refractivity contribution < 1.29 is 0 Å². The van der Waals surface area contributed by atoms with E-state index in [1.165, 1.54) is 0 Å². The summed E-state index contributed by atoms with van der Waals surface area (Å²) in [6.45, 7) is 3.61. The lowest BCUT2D eigenvalue weighted by molar-refractivity contribution is 0.313. The molecule has 21 heavy (non-hydrogen) atoms. The second kappa shape index (κ2) is 6.62. The van der Waals surface area contributed by atoms with E-state index in [0.29, 0.717) is 18.9 Å². The maximum absolute atomic E-state index is 11.7. The molecule has 1 aliphatic heterocycles. The van der Waals surface area contributed by atoms with Crippen molar-refractivity contribution in [2.24, 2.45) is 5.92 Å². The molecule has 2 aromatic heterocycles. The summed E-state index contributed by atoms with van der Waals surface area (Å²) in [6, 6.07) is 5.18. The molecule has 7 heteroatoms. The lowest BCUT2D eigenvalue weighted by Gasteiger charge is -2.22. The first-order valence-corrected chi connectivity index (χ1v) is 7.44. The van der Waals surface area contributed by atoms with E-state index in [-0.39, 0.29) is 5.56 Å². The first kappa shape index (κ1) is 13.9. The summed E-state index contributed by atoms with van der Waals surface area (Å²) in [6.07, 6.45) is 4.79. The molecule has 1 N–H and O–H groups in total. The fraction of sp³-hybridized carbons (Fsp3) is 0.571. The third-order valence-electron chi connectivity index (χ3n) is 3.97. The van der Waals surface area contributed by atoms with Crippen LogP contribution in [-0.2, 0) is 19.5 Å². The Hall–Kier alpha value is -2.02. The van der Waals surface area contributed by atoms with Gasteiger partial charge in [0.05, 0.1) is 0 Å². The molecule has 0 radical (unpaired) electrons. The molecule has 0 bridgehead atoms. The third-order valence-corrected chi connectivity index (χ3v) is 3.97. The molecule has 3 heterocycles. The zero-order chi connectivity index (χ0) is 14.5. The highest BCUT2D eigenvalue weighted by molar-refractivity contribution is 4.94. The number of pyridine rings is 1. The van der Waals surface area contributed by atoms with Crippen LogP contribution in [0.2, 0.25) is 0 Å². The van der Waals surface area contributed by atoms with Crippen LogP contribution in [0.3, 0.4) is 0 Å². The monoisotopic (exact) mass is 288 g/mol. The van der Waals surface area contributed by atoms with Gasteiger partial charge in [0.15, 0.2) is 5.82 Å². The molecular weight excluding hydrogens is 268 g/mol. The Morgan fingerprint density at radius 3 is 2.95 bits per heavy atom. The number of nitrogens with zero attached hydrogens (tertiary/aromatic N) is 5. The van der Waals surface area contributed by atoms with Gasteiger partial charge in [-0.15, -0.1) is 5.10 Å². The summed E-state index contributed by atoms with van der Waals surface area (Å²) in [4.78, 5) is 11.7. The molecule has 1 aliphatic rings. The second-order valence-corrected chi connectivity index (χ2v) is 5.45. The second-order valence-electron chi connectivity index (χ2n) is 5.45. The third kappa shape index (κ3) is 3.55. The van der Waals surface area contributed by atoms with Crippen molar-refractivity contribution in [2.75, 3.05) is 13.1 Å². The van der Waals surface area contributed by atoms with Gasteiger partial charge in [-0.2, -0.15) is 0 Å². The molecule has 0 aromatic carbocycles. The van der Waals surface area contributed by atoms with Crippen LogP contribution in [0.15, 0.2) is 29.2 Å². The van der Waals surface area contributed by atoms with Crippen LogP contribution in [-0.4, -0.2) is 37.9 Å². The fourth-order valence-electron chi connectivity index (χ4n) is 2.72. The molecule has 3 rings (SSSR count). The number of aromatic nitrogens is 5. The number of piperidine rings is 1.